The number of aromatic nitrogens is 3. The highest BCUT2D eigenvalue weighted by Gasteiger charge is 2.18. The number of aromatic amines is 1. The molecule has 19 heavy (non-hydrogen) atoms. The van der Waals surface area contributed by atoms with Gasteiger partial charge in [0.2, 0.25) is 0 Å². The Hall–Kier alpha value is -1.46. The summed E-state index contributed by atoms with van der Waals surface area (Å²) in [7, 11) is 0. The summed E-state index contributed by atoms with van der Waals surface area (Å²) in [6.45, 7) is 2.89. The van der Waals surface area contributed by atoms with Crippen LogP contribution in [0.4, 0.5) is 4.39 Å². The first-order valence-electron chi connectivity index (χ1n) is 6.24. The summed E-state index contributed by atoms with van der Waals surface area (Å²) >= 11 is 6.06. The Morgan fingerprint density at radius 2 is 2.32 bits per heavy atom. The number of nitrogens with zero attached hydrogens (tertiary/aromatic N) is 2. The van der Waals surface area contributed by atoms with E-state index < -0.39 is 0 Å². The van der Waals surface area contributed by atoms with Crippen molar-refractivity contribution in [3.05, 3.63) is 46.8 Å². The van der Waals surface area contributed by atoms with Gasteiger partial charge >= 0.3 is 0 Å². The maximum atomic E-state index is 13.8. The van der Waals surface area contributed by atoms with Crippen LogP contribution in [0.25, 0.3) is 0 Å². The van der Waals surface area contributed by atoms with E-state index in [9.17, 15) is 4.39 Å². The summed E-state index contributed by atoms with van der Waals surface area (Å²) in [5.74, 6) is 0.392. The summed E-state index contributed by atoms with van der Waals surface area (Å²) in [5, 5.41) is 10.4. The van der Waals surface area contributed by atoms with Gasteiger partial charge in [-0.15, -0.1) is 0 Å². The zero-order valence-corrected chi connectivity index (χ0v) is 11.4. The Kier molecular flexibility index (Phi) is 4.87. The van der Waals surface area contributed by atoms with Crippen molar-refractivity contribution in [3.63, 3.8) is 0 Å². The van der Waals surface area contributed by atoms with Gasteiger partial charge in [-0.3, -0.25) is 5.10 Å². The van der Waals surface area contributed by atoms with Crippen molar-refractivity contribution in [1.82, 2.24) is 20.5 Å². The quantitative estimate of drug-likeness (QED) is 0.856. The van der Waals surface area contributed by atoms with Gasteiger partial charge in [0.1, 0.15) is 18.0 Å². The minimum Gasteiger partial charge on any atom is -0.307 e. The highest BCUT2D eigenvalue weighted by atomic mass is 35.5. The van der Waals surface area contributed by atoms with Crippen LogP contribution in [0.5, 0.6) is 0 Å². The van der Waals surface area contributed by atoms with Gasteiger partial charge in [0.05, 0.1) is 6.04 Å². The van der Waals surface area contributed by atoms with Crippen molar-refractivity contribution >= 4 is 11.6 Å². The highest BCUT2D eigenvalue weighted by Crippen LogP contribution is 2.24. The fraction of sp³-hybridized carbons (Fsp3) is 0.385. The molecule has 2 aromatic rings. The molecule has 1 unspecified atom stereocenters. The molecule has 0 spiro atoms. The SMILES string of the molecule is CCCNC(Cc1c(F)cccc1Cl)c1ncn[nH]1. The molecule has 0 bridgehead atoms. The minimum atomic E-state index is -0.296. The Balaban J connectivity index is 2.20. The van der Waals surface area contributed by atoms with E-state index in [-0.39, 0.29) is 11.9 Å². The number of rotatable bonds is 6. The molecule has 4 nitrogen and oxygen atoms in total. The Morgan fingerprint density at radius 1 is 1.47 bits per heavy atom. The smallest absolute Gasteiger partial charge is 0.141 e. The second-order valence-electron chi connectivity index (χ2n) is 4.28. The zero-order valence-electron chi connectivity index (χ0n) is 10.7. The van der Waals surface area contributed by atoms with Crippen LogP contribution in [0, 0.1) is 5.82 Å². The highest BCUT2D eigenvalue weighted by molar-refractivity contribution is 6.31. The molecule has 0 fully saturated rings. The van der Waals surface area contributed by atoms with Crippen LogP contribution in [0.1, 0.15) is 30.8 Å². The van der Waals surface area contributed by atoms with Gasteiger partial charge in [-0.05, 0) is 31.5 Å². The van der Waals surface area contributed by atoms with Crippen LogP contribution in [-0.2, 0) is 6.42 Å². The molecule has 0 saturated carbocycles. The van der Waals surface area contributed by atoms with Crippen molar-refractivity contribution in [1.29, 1.82) is 0 Å². The Morgan fingerprint density at radius 3 is 2.95 bits per heavy atom. The maximum Gasteiger partial charge on any atom is 0.141 e. The molecular formula is C13H16ClFN4. The van der Waals surface area contributed by atoms with Crippen LogP contribution in [0.2, 0.25) is 5.02 Å². The predicted octanol–water partition coefficient (Wildman–Crippen LogP) is 2.88. The third-order valence-corrected chi connectivity index (χ3v) is 3.23. The fourth-order valence-electron chi connectivity index (χ4n) is 1.90. The third kappa shape index (κ3) is 3.52. The summed E-state index contributed by atoms with van der Waals surface area (Å²) in [6, 6.07) is 4.58. The molecule has 1 aromatic heterocycles. The van der Waals surface area contributed by atoms with Gasteiger partial charge in [0.15, 0.2) is 0 Å². The lowest BCUT2D eigenvalue weighted by atomic mass is 10.0. The van der Waals surface area contributed by atoms with Crippen molar-refractivity contribution in [3.8, 4) is 0 Å². The molecule has 102 valence electrons. The monoisotopic (exact) mass is 282 g/mol. The number of halogens is 2. The number of nitrogens with one attached hydrogen (secondary N) is 2. The molecular weight excluding hydrogens is 267 g/mol. The Labute approximate surface area is 116 Å². The first kappa shape index (κ1) is 14.0. The van der Waals surface area contributed by atoms with E-state index in [4.69, 9.17) is 11.6 Å². The van der Waals surface area contributed by atoms with Crippen molar-refractivity contribution in [2.75, 3.05) is 6.54 Å². The Bertz CT molecular complexity index is 495. The van der Waals surface area contributed by atoms with Crippen LogP contribution in [-0.4, -0.2) is 21.7 Å². The molecule has 1 heterocycles. The lowest BCUT2D eigenvalue weighted by Crippen LogP contribution is -2.25. The zero-order chi connectivity index (χ0) is 13.7. The second-order valence-corrected chi connectivity index (χ2v) is 4.69. The van der Waals surface area contributed by atoms with Crippen LogP contribution >= 0.6 is 11.6 Å². The molecule has 0 aliphatic carbocycles. The molecule has 0 radical (unpaired) electrons. The normalized spacial score (nSPS) is 12.6. The van der Waals surface area contributed by atoms with Gasteiger partial charge in [0.25, 0.3) is 0 Å². The first-order chi connectivity index (χ1) is 9.22. The van der Waals surface area contributed by atoms with Crippen LogP contribution in [0.3, 0.4) is 0 Å². The molecule has 2 rings (SSSR count). The van der Waals surface area contributed by atoms with Gasteiger partial charge in [-0.1, -0.05) is 24.6 Å². The van der Waals surface area contributed by atoms with Crippen LogP contribution in [0.15, 0.2) is 24.5 Å². The van der Waals surface area contributed by atoms with E-state index in [0.717, 1.165) is 13.0 Å². The van der Waals surface area contributed by atoms with E-state index >= 15 is 0 Å². The summed E-state index contributed by atoms with van der Waals surface area (Å²) in [4.78, 5) is 4.13. The molecule has 2 N–H and O–H groups in total. The first-order valence-corrected chi connectivity index (χ1v) is 6.61. The predicted molar refractivity (Wildman–Crippen MR) is 72.5 cm³/mol. The lowest BCUT2D eigenvalue weighted by Gasteiger charge is -2.17. The van der Waals surface area contributed by atoms with E-state index in [0.29, 0.717) is 22.8 Å². The van der Waals surface area contributed by atoms with E-state index in [1.807, 2.05) is 0 Å². The molecule has 0 aliphatic heterocycles. The molecule has 0 aliphatic rings. The fourth-order valence-corrected chi connectivity index (χ4v) is 2.14. The number of H-pyrrole nitrogens is 1. The second kappa shape index (κ2) is 6.63. The number of benzene rings is 1. The summed E-state index contributed by atoms with van der Waals surface area (Å²) in [6.07, 6.45) is 2.86. The summed E-state index contributed by atoms with van der Waals surface area (Å²) < 4.78 is 13.8. The van der Waals surface area contributed by atoms with Gasteiger partial charge in [-0.25, -0.2) is 9.37 Å². The van der Waals surface area contributed by atoms with Crippen molar-refractivity contribution in [2.45, 2.75) is 25.8 Å². The van der Waals surface area contributed by atoms with Crippen LogP contribution < -0.4 is 5.32 Å². The number of hydrogen-bond donors (Lipinski definition) is 2. The average molecular weight is 283 g/mol. The molecule has 6 heteroatoms. The standard InChI is InChI=1S/C13H16ClFN4/c1-2-6-16-12(13-17-8-18-19-13)7-9-10(14)4-3-5-11(9)15/h3-5,8,12,16H,2,6-7H2,1H3,(H,17,18,19). The summed E-state index contributed by atoms with van der Waals surface area (Å²) in [5.41, 5.74) is 0.495. The van der Waals surface area contributed by atoms with Gasteiger partial charge in [0, 0.05) is 10.6 Å². The van der Waals surface area contributed by atoms with Crippen molar-refractivity contribution < 1.29 is 4.39 Å². The maximum absolute atomic E-state index is 13.8. The molecule has 0 amide bonds. The van der Waals surface area contributed by atoms with E-state index in [2.05, 4.69) is 27.4 Å². The topological polar surface area (TPSA) is 53.6 Å². The number of hydrogen-bond acceptors (Lipinski definition) is 3. The molecule has 0 saturated heterocycles. The minimum absolute atomic E-state index is 0.128. The third-order valence-electron chi connectivity index (χ3n) is 2.87. The average Bonchev–Trinajstić information content (AvgIpc) is 2.91. The van der Waals surface area contributed by atoms with E-state index in [1.165, 1.54) is 12.4 Å². The molecule has 1 atom stereocenters. The lowest BCUT2D eigenvalue weighted by molar-refractivity contribution is 0.493. The van der Waals surface area contributed by atoms with Gasteiger partial charge < -0.3 is 5.32 Å². The molecule has 1 aromatic carbocycles. The van der Waals surface area contributed by atoms with Gasteiger partial charge in [-0.2, -0.15) is 5.10 Å². The van der Waals surface area contributed by atoms with Crippen molar-refractivity contribution in [2.24, 2.45) is 0 Å². The largest absolute Gasteiger partial charge is 0.307 e. The van der Waals surface area contributed by atoms with E-state index in [1.54, 1.807) is 12.1 Å².